The third kappa shape index (κ3) is 6.48. The van der Waals surface area contributed by atoms with E-state index < -0.39 is 0 Å². The summed E-state index contributed by atoms with van der Waals surface area (Å²) in [5, 5.41) is 4.16. The molecule has 0 saturated heterocycles. The Morgan fingerprint density at radius 1 is 1.26 bits per heavy atom. The molecule has 0 amide bonds. The Kier molecular flexibility index (Phi) is 8.00. The molecule has 148 valence electrons. The number of aromatic nitrogens is 1. The lowest BCUT2D eigenvalue weighted by Crippen LogP contribution is -2.38. The number of para-hydroxylation sites is 1. The molecule has 0 fully saturated rings. The van der Waals surface area contributed by atoms with Crippen molar-refractivity contribution in [3.63, 3.8) is 0 Å². The number of aryl methyl sites for hydroxylation is 1. The Morgan fingerprint density at radius 3 is 2.63 bits per heavy atom. The van der Waals surface area contributed by atoms with Gasteiger partial charge < -0.3 is 24.4 Å². The van der Waals surface area contributed by atoms with Gasteiger partial charge in [-0.2, -0.15) is 0 Å². The molecular formula is C20H30ClN5O. The van der Waals surface area contributed by atoms with E-state index in [9.17, 15) is 0 Å². The number of nitrogens with one attached hydrogen (secondary N) is 1. The monoisotopic (exact) mass is 391 g/mol. The smallest absolute Gasteiger partial charge is 0.194 e. The van der Waals surface area contributed by atoms with Crippen molar-refractivity contribution in [2.45, 2.75) is 13.1 Å². The number of halogens is 1. The highest BCUT2D eigenvalue weighted by molar-refractivity contribution is 6.30. The van der Waals surface area contributed by atoms with Crippen LogP contribution in [0.2, 0.25) is 5.02 Å². The molecule has 1 N–H and O–H groups in total. The van der Waals surface area contributed by atoms with Crippen molar-refractivity contribution in [3.05, 3.63) is 52.8 Å². The van der Waals surface area contributed by atoms with Crippen LogP contribution in [0, 0.1) is 0 Å². The second-order valence-corrected chi connectivity index (χ2v) is 7.21. The normalized spacial score (nSPS) is 11.7. The minimum absolute atomic E-state index is 0.642. The number of hydrogen-bond donors (Lipinski definition) is 1. The summed E-state index contributed by atoms with van der Waals surface area (Å²) in [5.74, 6) is 1.72. The maximum atomic E-state index is 6.08. The molecule has 2 rings (SSSR count). The van der Waals surface area contributed by atoms with Gasteiger partial charge in [-0.15, -0.1) is 0 Å². The van der Waals surface area contributed by atoms with Crippen molar-refractivity contribution in [3.8, 4) is 5.75 Å². The molecule has 0 spiro atoms. The van der Waals surface area contributed by atoms with Gasteiger partial charge in [0, 0.05) is 51.7 Å². The van der Waals surface area contributed by atoms with E-state index in [0.29, 0.717) is 19.7 Å². The Morgan fingerprint density at radius 2 is 2.00 bits per heavy atom. The van der Waals surface area contributed by atoms with Crippen molar-refractivity contribution in [2.24, 2.45) is 12.0 Å². The number of benzene rings is 1. The molecule has 0 bridgehead atoms. The molecule has 0 saturated carbocycles. The fraction of sp³-hybridized carbons (Fsp3) is 0.450. The Balaban J connectivity index is 1.96. The first kappa shape index (κ1) is 21.1. The summed E-state index contributed by atoms with van der Waals surface area (Å²) < 4.78 is 7.96. The van der Waals surface area contributed by atoms with Gasteiger partial charge >= 0.3 is 0 Å². The van der Waals surface area contributed by atoms with Crippen LogP contribution in [0.1, 0.15) is 11.3 Å². The van der Waals surface area contributed by atoms with Gasteiger partial charge in [0.1, 0.15) is 12.4 Å². The summed E-state index contributed by atoms with van der Waals surface area (Å²) in [6, 6.07) is 10.1. The molecule has 0 aliphatic rings. The standard InChI is InChI=1S/C20H30ClN5O/c1-22-20(26(5)15-18-12-17(21)14-25(18)4)23-13-16-8-6-7-9-19(16)27-11-10-24(2)3/h6-9,12,14H,10-11,13,15H2,1-5H3,(H,22,23). The van der Waals surface area contributed by atoms with Crippen LogP contribution in [0.5, 0.6) is 5.75 Å². The first-order chi connectivity index (χ1) is 12.9. The predicted molar refractivity (Wildman–Crippen MR) is 113 cm³/mol. The Hall–Kier alpha value is -2.18. The molecule has 1 aromatic carbocycles. The van der Waals surface area contributed by atoms with E-state index in [1.807, 2.05) is 63.2 Å². The van der Waals surface area contributed by atoms with E-state index in [2.05, 4.69) is 26.2 Å². The fourth-order valence-corrected chi connectivity index (χ4v) is 3.00. The van der Waals surface area contributed by atoms with E-state index >= 15 is 0 Å². The van der Waals surface area contributed by atoms with Crippen molar-refractivity contribution in [1.29, 1.82) is 0 Å². The molecule has 1 heterocycles. The summed E-state index contributed by atoms with van der Waals surface area (Å²) in [7, 11) is 9.87. The lowest BCUT2D eigenvalue weighted by Gasteiger charge is -2.23. The van der Waals surface area contributed by atoms with E-state index in [0.717, 1.165) is 34.5 Å². The van der Waals surface area contributed by atoms with E-state index in [1.54, 1.807) is 7.05 Å². The van der Waals surface area contributed by atoms with Crippen LogP contribution >= 0.6 is 11.6 Å². The van der Waals surface area contributed by atoms with Crippen molar-refractivity contribution in [1.82, 2.24) is 19.7 Å². The van der Waals surface area contributed by atoms with Crippen LogP contribution < -0.4 is 10.1 Å². The highest BCUT2D eigenvalue weighted by Crippen LogP contribution is 2.18. The van der Waals surface area contributed by atoms with Crippen LogP contribution in [0.25, 0.3) is 0 Å². The van der Waals surface area contributed by atoms with Crippen LogP contribution in [0.4, 0.5) is 0 Å². The summed E-state index contributed by atoms with van der Waals surface area (Å²) in [4.78, 5) is 8.57. The number of aliphatic imine (C=N–C) groups is 1. The molecular weight excluding hydrogens is 362 g/mol. The fourth-order valence-electron chi connectivity index (χ4n) is 2.73. The molecule has 7 heteroatoms. The molecule has 1 aromatic heterocycles. The number of likely N-dealkylation sites (N-methyl/N-ethyl adjacent to an activating group) is 1. The largest absolute Gasteiger partial charge is 0.492 e. The zero-order chi connectivity index (χ0) is 19.8. The van der Waals surface area contributed by atoms with E-state index in [4.69, 9.17) is 16.3 Å². The molecule has 27 heavy (non-hydrogen) atoms. The van der Waals surface area contributed by atoms with Crippen LogP contribution in [0.15, 0.2) is 41.5 Å². The van der Waals surface area contributed by atoms with Gasteiger partial charge in [-0.3, -0.25) is 4.99 Å². The van der Waals surface area contributed by atoms with Crippen LogP contribution in [-0.2, 0) is 20.1 Å². The van der Waals surface area contributed by atoms with Crippen molar-refractivity contribution < 1.29 is 4.74 Å². The average molecular weight is 392 g/mol. The molecule has 0 aliphatic carbocycles. The zero-order valence-corrected chi connectivity index (χ0v) is 17.6. The predicted octanol–water partition coefficient (Wildman–Crippen LogP) is 2.83. The van der Waals surface area contributed by atoms with Gasteiger partial charge in [-0.1, -0.05) is 29.8 Å². The van der Waals surface area contributed by atoms with Gasteiger partial charge in [0.15, 0.2) is 5.96 Å². The number of guanidine groups is 1. The minimum Gasteiger partial charge on any atom is -0.492 e. The second-order valence-electron chi connectivity index (χ2n) is 6.78. The van der Waals surface area contributed by atoms with Crippen LogP contribution in [0.3, 0.4) is 0 Å². The molecule has 0 unspecified atom stereocenters. The summed E-state index contributed by atoms with van der Waals surface area (Å²) >= 11 is 6.08. The maximum absolute atomic E-state index is 6.08. The van der Waals surface area contributed by atoms with Crippen molar-refractivity contribution in [2.75, 3.05) is 41.3 Å². The molecule has 0 atom stereocenters. The van der Waals surface area contributed by atoms with Gasteiger partial charge in [-0.25, -0.2) is 0 Å². The van der Waals surface area contributed by atoms with E-state index in [-0.39, 0.29) is 0 Å². The summed E-state index contributed by atoms with van der Waals surface area (Å²) in [6.45, 7) is 2.89. The lowest BCUT2D eigenvalue weighted by molar-refractivity contribution is 0.259. The Bertz CT molecular complexity index is 757. The zero-order valence-electron chi connectivity index (χ0n) is 16.9. The minimum atomic E-state index is 0.642. The number of ether oxygens (including phenoxy) is 1. The van der Waals surface area contributed by atoms with Crippen molar-refractivity contribution >= 4 is 17.6 Å². The topological polar surface area (TPSA) is 45.0 Å². The highest BCUT2D eigenvalue weighted by Gasteiger charge is 2.11. The molecule has 6 nitrogen and oxygen atoms in total. The molecule has 2 aromatic rings. The van der Waals surface area contributed by atoms with Gasteiger partial charge in [0.05, 0.1) is 11.6 Å². The highest BCUT2D eigenvalue weighted by atomic mass is 35.5. The quantitative estimate of drug-likeness (QED) is 0.555. The summed E-state index contributed by atoms with van der Waals surface area (Å²) in [6.07, 6.45) is 1.90. The number of hydrogen-bond acceptors (Lipinski definition) is 3. The maximum Gasteiger partial charge on any atom is 0.194 e. The van der Waals surface area contributed by atoms with Gasteiger partial charge in [0.2, 0.25) is 0 Å². The third-order valence-corrected chi connectivity index (χ3v) is 4.46. The third-order valence-electron chi connectivity index (χ3n) is 4.25. The molecule has 0 radical (unpaired) electrons. The van der Waals surface area contributed by atoms with E-state index in [1.165, 1.54) is 0 Å². The Labute approximate surface area is 167 Å². The number of rotatable bonds is 8. The van der Waals surface area contributed by atoms with Gasteiger partial charge in [-0.05, 0) is 26.2 Å². The van der Waals surface area contributed by atoms with Gasteiger partial charge in [0.25, 0.3) is 0 Å². The SMILES string of the molecule is CN=C(NCc1ccccc1OCCN(C)C)N(C)Cc1cc(Cl)cn1C. The second kappa shape index (κ2) is 10.2. The summed E-state index contributed by atoms with van der Waals surface area (Å²) in [5.41, 5.74) is 2.23. The lowest BCUT2D eigenvalue weighted by atomic mass is 10.2. The first-order valence-corrected chi connectivity index (χ1v) is 9.36. The van der Waals surface area contributed by atoms with Crippen LogP contribution in [-0.4, -0.2) is 61.7 Å². The molecule has 0 aliphatic heterocycles. The average Bonchev–Trinajstić information content (AvgIpc) is 2.93. The number of nitrogens with zero attached hydrogens (tertiary/aromatic N) is 4. The first-order valence-electron chi connectivity index (χ1n) is 8.98.